The topological polar surface area (TPSA) is 113 Å². The molecule has 3 heterocycles. The molecule has 3 aliphatic heterocycles. The summed E-state index contributed by atoms with van der Waals surface area (Å²) in [6, 6.07) is 2.27. The number of piperidine rings is 3. The first-order chi connectivity index (χ1) is 18.5. The quantitative estimate of drug-likeness (QED) is 0.280. The van der Waals surface area contributed by atoms with Crippen molar-refractivity contribution >= 4 is 18.3 Å². The van der Waals surface area contributed by atoms with Gasteiger partial charge in [0.05, 0.1) is 12.4 Å². The maximum atomic E-state index is 13.3. The number of aliphatic imine (C=N–C) groups is 1. The summed E-state index contributed by atoms with van der Waals surface area (Å²) < 4.78 is 0. The Kier molecular flexibility index (Phi) is 10.8. The number of nitrogens with zero attached hydrogens (tertiary/aromatic N) is 5. The fraction of sp³-hybridized carbons (Fsp3) is 0.857. The van der Waals surface area contributed by atoms with Gasteiger partial charge in [-0.15, -0.1) is 5.48 Å². The van der Waals surface area contributed by atoms with Crippen molar-refractivity contribution < 1.29 is 14.4 Å². The molecule has 10 nitrogen and oxygen atoms in total. The van der Waals surface area contributed by atoms with Gasteiger partial charge in [-0.25, -0.2) is 4.79 Å². The number of hydrogen-bond acceptors (Lipinski definition) is 7. The van der Waals surface area contributed by atoms with E-state index < -0.39 is 17.7 Å². The summed E-state index contributed by atoms with van der Waals surface area (Å²) in [5, 5.41) is 12.9. The molecule has 10 heteroatoms. The molecule has 0 spiro atoms. The first-order valence-corrected chi connectivity index (χ1v) is 14.9. The van der Waals surface area contributed by atoms with Gasteiger partial charge in [-0.1, -0.05) is 38.5 Å². The second-order valence-electron chi connectivity index (χ2n) is 11.9. The molecule has 2 amide bonds. The highest BCUT2D eigenvalue weighted by Gasteiger charge is 2.38. The number of likely N-dealkylation sites (tertiary alicyclic amines) is 3. The van der Waals surface area contributed by atoms with Crippen LogP contribution >= 0.6 is 0 Å². The number of nitrogens with one attached hydrogen (secondary N) is 2. The third kappa shape index (κ3) is 8.39. The number of nitriles is 1. The van der Waals surface area contributed by atoms with Crippen LogP contribution in [0.15, 0.2) is 4.99 Å². The molecule has 4 fully saturated rings. The van der Waals surface area contributed by atoms with Gasteiger partial charge >= 0.3 is 6.09 Å². The molecule has 1 atom stereocenters. The van der Waals surface area contributed by atoms with E-state index in [2.05, 4.69) is 36.6 Å². The van der Waals surface area contributed by atoms with Gasteiger partial charge in [0.25, 0.3) is 0 Å². The van der Waals surface area contributed by atoms with Crippen molar-refractivity contribution in [1.82, 2.24) is 25.5 Å². The molecule has 4 rings (SSSR count). The lowest BCUT2D eigenvalue weighted by Crippen LogP contribution is -2.58. The van der Waals surface area contributed by atoms with Crippen molar-refractivity contribution in [3.63, 3.8) is 0 Å². The van der Waals surface area contributed by atoms with Crippen molar-refractivity contribution in [2.75, 3.05) is 46.3 Å². The van der Waals surface area contributed by atoms with Crippen molar-refractivity contribution in [1.29, 1.82) is 5.26 Å². The second kappa shape index (κ2) is 14.2. The van der Waals surface area contributed by atoms with Gasteiger partial charge in [0.15, 0.2) is 0 Å². The zero-order valence-electron chi connectivity index (χ0n) is 23.2. The molecular weight excluding hydrogens is 482 g/mol. The van der Waals surface area contributed by atoms with E-state index in [0.29, 0.717) is 31.2 Å². The largest absolute Gasteiger partial charge is 0.453 e. The van der Waals surface area contributed by atoms with Crippen molar-refractivity contribution in [2.24, 2.45) is 10.9 Å². The molecule has 212 valence electrons. The Morgan fingerprint density at radius 2 is 1.66 bits per heavy atom. The number of rotatable bonds is 8. The molecule has 0 aromatic carbocycles. The van der Waals surface area contributed by atoms with Gasteiger partial charge in [0.2, 0.25) is 5.91 Å². The van der Waals surface area contributed by atoms with Crippen LogP contribution in [-0.4, -0.2) is 97.0 Å². The van der Waals surface area contributed by atoms with Crippen LogP contribution in [0, 0.1) is 17.2 Å². The van der Waals surface area contributed by atoms with Crippen LogP contribution in [-0.2, 0) is 9.63 Å². The van der Waals surface area contributed by atoms with Crippen molar-refractivity contribution in [3.05, 3.63) is 0 Å². The Morgan fingerprint density at radius 1 is 1.00 bits per heavy atom. The van der Waals surface area contributed by atoms with E-state index in [1.54, 1.807) is 6.34 Å². The minimum Gasteiger partial charge on any atom is -0.362 e. The number of amides is 2. The highest BCUT2D eigenvalue weighted by molar-refractivity contribution is 5.83. The van der Waals surface area contributed by atoms with E-state index in [0.717, 1.165) is 64.7 Å². The molecule has 4 aliphatic rings. The van der Waals surface area contributed by atoms with E-state index in [-0.39, 0.29) is 5.91 Å². The van der Waals surface area contributed by atoms with Gasteiger partial charge < -0.3 is 24.9 Å². The lowest BCUT2D eigenvalue weighted by molar-refractivity contribution is -0.128. The normalized spacial score (nSPS) is 25.1. The average Bonchev–Trinajstić information content (AvgIpc) is 2.96. The van der Waals surface area contributed by atoms with E-state index in [1.165, 1.54) is 38.8 Å². The Labute approximate surface area is 228 Å². The smallest absolute Gasteiger partial charge is 0.362 e. The standard InChI is InChI=1S/C28H47N7O3/c1-33-18-12-28(21-29,13-19-33)31-26(36)25(20-23-8-4-2-5-9-23)32-38-27(37)30-22-34-16-10-24(11-17-34)35-14-6-3-7-15-35/h22-25,32H,2-20H2,1H3,(H,31,36). The molecule has 0 radical (unpaired) electrons. The predicted molar refractivity (Wildman–Crippen MR) is 146 cm³/mol. The first kappa shape index (κ1) is 28.8. The highest BCUT2D eigenvalue weighted by Crippen LogP contribution is 2.28. The molecule has 0 bridgehead atoms. The number of carbonyl (C=O) groups is 2. The van der Waals surface area contributed by atoms with Crippen LogP contribution in [0.4, 0.5) is 4.79 Å². The molecule has 0 aromatic rings. The molecule has 1 aliphatic carbocycles. The second-order valence-corrected chi connectivity index (χ2v) is 11.9. The third-order valence-corrected chi connectivity index (χ3v) is 9.05. The SMILES string of the molecule is CN1CCC(C#N)(NC(=O)C(CC2CCCCC2)NOC(=O)N=CN2CCC(N3CCCCC3)CC2)CC1. The molecule has 38 heavy (non-hydrogen) atoms. The molecule has 2 N–H and O–H groups in total. The summed E-state index contributed by atoms with van der Waals surface area (Å²) >= 11 is 0. The van der Waals surface area contributed by atoms with E-state index in [9.17, 15) is 14.9 Å². The Balaban J connectivity index is 1.27. The van der Waals surface area contributed by atoms with Crippen LogP contribution < -0.4 is 10.8 Å². The zero-order valence-corrected chi connectivity index (χ0v) is 23.2. The summed E-state index contributed by atoms with van der Waals surface area (Å²) in [6.07, 6.45) is 14.4. The average molecular weight is 530 g/mol. The van der Waals surface area contributed by atoms with Crippen LogP contribution in [0.3, 0.4) is 0 Å². The first-order valence-electron chi connectivity index (χ1n) is 14.9. The summed E-state index contributed by atoms with van der Waals surface area (Å²) in [5.41, 5.74) is 1.85. The molecule has 3 saturated heterocycles. The van der Waals surface area contributed by atoms with E-state index in [4.69, 9.17) is 4.84 Å². The highest BCUT2D eigenvalue weighted by atomic mass is 16.7. The molecular formula is C28H47N7O3. The fourth-order valence-electron chi connectivity index (χ4n) is 6.48. The molecule has 1 unspecified atom stereocenters. The lowest BCUT2D eigenvalue weighted by atomic mass is 9.84. The summed E-state index contributed by atoms with van der Waals surface area (Å²) in [5.74, 6) is 0.115. The zero-order chi connectivity index (χ0) is 26.8. The minimum absolute atomic E-state index is 0.279. The summed E-state index contributed by atoms with van der Waals surface area (Å²) in [6.45, 7) is 5.69. The van der Waals surface area contributed by atoms with E-state index in [1.807, 2.05) is 7.05 Å². The van der Waals surface area contributed by atoms with Gasteiger partial charge in [-0.05, 0) is 71.0 Å². The maximum Gasteiger partial charge on any atom is 0.453 e. The molecule has 0 aromatic heterocycles. The van der Waals surface area contributed by atoms with Crippen LogP contribution in [0.25, 0.3) is 0 Å². The van der Waals surface area contributed by atoms with Crippen LogP contribution in [0.2, 0.25) is 0 Å². The van der Waals surface area contributed by atoms with Gasteiger partial charge in [0.1, 0.15) is 11.6 Å². The Bertz CT molecular complexity index is 832. The third-order valence-electron chi connectivity index (χ3n) is 9.05. The number of carbonyl (C=O) groups excluding carboxylic acids is 2. The van der Waals surface area contributed by atoms with Gasteiger partial charge in [-0.3, -0.25) is 4.79 Å². The number of hydrogen-bond donors (Lipinski definition) is 2. The van der Waals surface area contributed by atoms with Crippen molar-refractivity contribution in [2.45, 2.75) is 101 Å². The summed E-state index contributed by atoms with van der Waals surface area (Å²) in [4.78, 5) is 41.9. The Morgan fingerprint density at radius 3 is 2.32 bits per heavy atom. The van der Waals surface area contributed by atoms with Gasteiger partial charge in [-0.2, -0.15) is 10.3 Å². The predicted octanol–water partition coefficient (Wildman–Crippen LogP) is 3.05. The Hall–Kier alpha value is -2.22. The monoisotopic (exact) mass is 529 g/mol. The fourth-order valence-corrected chi connectivity index (χ4v) is 6.48. The lowest BCUT2D eigenvalue weighted by Gasteiger charge is -2.39. The van der Waals surface area contributed by atoms with Gasteiger partial charge in [0, 0.05) is 32.2 Å². The van der Waals surface area contributed by atoms with Crippen LogP contribution in [0.5, 0.6) is 0 Å². The summed E-state index contributed by atoms with van der Waals surface area (Å²) in [7, 11) is 2.02. The van der Waals surface area contributed by atoms with E-state index >= 15 is 0 Å². The van der Waals surface area contributed by atoms with Crippen LogP contribution in [0.1, 0.15) is 83.5 Å². The minimum atomic E-state index is -0.876. The maximum absolute atomic E-state index is 13.3. The number of hydroxylamine groups is 1. The molecule has 1 saturated carbocycles. The van der Waals surface area contributed by atoms with Crippen molar-refractivity contribution in [3.8, 4) is 6.07 Å².